The Morgan fingerprint density at radius 3 is 2.71 bits per heavy atom. The third-order valence-electron chi connectivity index (χ3n) is 2.67. The lowest BCUT2D eigenvalue weighted by molar-refractivity contribution is -0.146. The highest BCUT2D eigenvalue weighted by Gasteiger charge is 2.24. The smallest absolute Gasteiger partial charge is 0.323 e. The van der Waals surface area contributed by atoms with E-state index in [1.807, 2.05) is 25.6 Å². The second-order valence-corrected chi connectivity index (χ2v) is 5.59. The van der Waals surface area contributed by atoms with Crippen LogP contribution in [-0.4, -0.2) is 58.6 Å². The van der Waals surface area contributed by atoms with Crippen molar-refractivity contribution >= 4 is 23.6 Å². The Bertz CT molecular complexity index is 278. The van der Waals surface area contributed by atoms with E-state index in [1.54, 1.807) is 0 Å². The zero-order chi connectivity index (χ0) is 12.8. The van der Waals surface area contributed by atoms with Crippen LogP contribution in [0.5, 0.6) is 0 Å². The fourth-order valence-electron chi connectivity index (χ4n) is 1.78. The molecule has 1 aliphatic rings. The van der Waals surface area contributed by atoms with Gasteiger partial charge in [-0.1, -0.05) is 0 Å². The first kappa shape index (κ1) is 14.3. The highest BCUT2D eigenvalue weighted by Crippen LogP contribution is 2.12. The molecule has 1 rings (SSSR count). The van der Waals surface area contributed by atoms with Crippen molar-refractivity contribution < 1.29 is 14.7 Å². The molecule has 0 spiro atoms. The van der Waals surface area contributed by atoms with Crippen LogP contribution < -0.4 is 5.32 Å². The third-order valence-corrected chi connectivity index (χ3v) is 3.80. The second kappa shape index (κ2) is 6.86. The van der Waals surface area contributed by atoms with Crippen molar-refractivity contribution in [2.24, 2.45) is 0 Å². The van der Waals surface area contributed by atoms with Gasteiger partial charge in [-0.2, -0.15) is 11.8 Å². The van der Waals surface area contributed by atoms with Crippen molar-refractivity contribution in [1.82, 2.24) is 10.2 Å². The van der Waals surface area contributed by atoms with Gasteiger partial charge in [0.05, 0.1) is 0 Å². The quantitative estimate of drug-likeness (QED) is 0.749. The maximum atomic E-state index is 12.0. The number of carbonyl (C=O) groups is 2. The summed E-state index contributed by atoms with van der Waals surface area (Å²) >= 11 is 1.83. The van der Waals surface area contributed by atoms with Crippen LogP contribution in [-0.2, 0) is 9.59 Å². The molecular formula is C11H20N2O3S. The molecule has 1 amide bonds. The Morgan fingerprint density at radius 2 is 2.24 bits per heavy atom. The minimum Gasteiger partial charge on any atom is -0.480 e. The maximum Gasteiger partial charge on any atom is 0.323 e. The van der Waals surface area contributed by atoms with Gasteiger partial charge < -0.3 is 15.3 Å². The van der Waals surface area contributed by atoms with Crippen LogP contribution >= 0.6 is 11.8 Å². The number of nitrogens with one attached hydrogen (secondary N) is 1. The molecule has 0 aliphatic carbocycles. The molecule has 0 bridgehead atoms. The Kier molecular flexibility index (Phi) is 5.77. The number of carboxylic acid groups (broad SMARTS) is 1. The summed E-state index contributed by atoms with van der Waals surface area (Å²) in [5.41, 5.74) is 0. The first-order valence-corrected chi connectivity index (χ1v) is 6.98. The van der Waals surface area contributed by atoms with Gasteiger partial charge in [-0.25, -0.2) is 0 Å². The fourth-order valence-corrected chi connectivity index (χ4v) is 2.73. The molecule has 1 atom stereocenters. The summed E-state index contributed by atoms with van der Waals surface area (Å²) in [6.45, 7) is 4.38. The monoisotopic (exact) mass is 260 g/mol. The van der Waals surface area contributed by atoms with Crippen LogP contribution in [0.15, 0.2) is 0 Å². The van der Waals surface area contributed by atoms with Crippen molar-refractivity contribution in [2.75, 3.05) is 24.6 Å². The normalized spacial score (nSPS) is 20.3. The van der Waals surface area contributed by atoms with E-state index in [0.29, 0.717) is 6.42 Å². The molecule has 0 saturated carbocycles. The molecule has 0 aromatic heterocycles. The molecule has 1 aliphatic heterocycles. The van der Waals surface area contributed by atoms with Gasteiger partial charge in [0.1, 0.15) is 6.54 Å². The lowest BCUT2D eigenvalue weighted by Crippen LogP contribution is -2.46. The number of hydrogen-bond acceptors (Lipinski definition) is 4. The SMILES string of the molecule is CC(C)N(CC(=O)O)C(=O)CC1CSCCN1. The number of carbonyl (C=O) groups excluding carboxylic acids is 1. The van der Waals surface area contributed by atoms with Gasteiger partial charge in [-0.15, -0.1) is 0 Å². The molecule has 1 fully saturated rings. The molecule has 6 heteroatoms. The van der Waals surface area contributed by atoms with Gasteiger partial charge in [-0.05, 0) is 13.8 Å². The first-order chi connectivity index (χ1) is 8.00. The third kappa shape index (κ3) is 4.95. The van der Waals surface area contributed by atoms with Gasteiger partial charge in [-0.3, -0.25) is 9.59 Å². The average molecular weight is 260 g/mol. The molecular weight excluding hydrogens is 240 g/mol. The van der Waals surface area contributed by atoms with E-state index < -0.39 is 5.97 Å². The van der Waals surface area contributed by atoms with Crippen molar-refractivity contribution in [3.05, 3.63) is 0 Å². The van der Waals surface area contributed by atoms with Gasteiger partial charge in [0, 0.05) is 36.6 Å². The van der Waals surface area contributed by atoms with Gasteiger partial charge in [0.25, 0.3) is 0 Å². The molecule has 17 heavy (non-hydrogen) atoms. The fraction of sp³-hybridized carbons (Fsp3) is 0.818. The molecule has 0 aromatic rings. The summed E-state index contributed by atoms with van der Waals surface area (Å²) in [6, 6.07) is 0.103. The standard InChI is InChI=1S/C11H20N2O3S/c1-8(2)13(6-11(15)16)10(14)5-9-7-17-4-3-12-9/h8-9,12H,3-7H2,1-2H3,(H,15,16). The van der Waals surface area contributed by atoms with Crippen molar-refractivity contribution in [1.29, 1.82) is 0 Å². The number of thioether (sulfide) groups is 1. The number of hydrogen-bond donors (Lipinski definition) is 2. The summed E-state index contributed by atoms with van der Waals surface area (Å²) in [6.07, 6.45) is 0.387. The van der Waals surface area contributed by atoms with E-state index in [9.17, 15) is 9.59 Å². The highest BCUT2D eigenvalue weighted by molar-refractivity contribution is 7.99. The van der Waals surface area contributed by atoms with Crippen LogP contribution in [0.4, 0.5) is 0 Å². The maximum absolute atomic E-state index is 12.0. The van der Waals surface area contributed by atoms with Crippen molar-refractivity contribution in [3.63, 3.8) is 0 Å². The van der Waals surface area contributed by atoms with Gasteiger partial charge in [0.15, 0.2) is 0 Å². The van der Waals surface area contributed by atoms with Crippen LogP contribution in [0.25, 0.3) is 0 Å². The van der Waals surface area contributed by atoms with E-state index in [-0.39, 0.29) is 24.5 Å². The second-order valence-electron chi connectivity index (χ2n) is 4.44. The van der Waals surface area contributed by atoms with Crippen LogP contribution in [0, 0.1) is 0 Å². The Labute approximate surface area is 106 Å². The number of carboxylic acids is 1. The molecule has 0 radical (unpaired) electrons. The summed E-state index contributed by atoms with van der Waals surface area (Å²) in [5, 5.41) is 12.1. The lowest BCUT2D eigenvalue weighted by Gasteiger charge is -2.29. The minimum atomic E-state index is -0.960. The summed E-state index contributed by atoms with van der Waals surface area (Å²) in [7, 11) is 0. The van der Waals surface area contributed by atoms with E-state index in [2.05, 4.69) is 5.32 Å². The Morgan fingerprint density at radius 1 is 1.53 bits per heavy atom. The zero-order valence-corrected chi connectivity index (χ0v) is 11.1. The van der Waals surface area contributed by atoms with E-state index in [1.165, 1.54) is 4.90 Å². The van der Waals surface area contributed by atoms with Crippen molar-refractivity contribution in [2.45, 2.75) is 32.4 Å². The first-order valence-electron chi connectivity index (χ1n) is 5.83. The van der Waals surface area contributed by atoms with E-state index in [0.717, 1.165) is 18.1 Å². The minimum absolute atomic E-state index is 0.0742. The topological polar surface area (TPSA) is 69.6 Å². The summed E-state index contributed by atoms with van der Waals surface area (Å²) in [4.78, 5) is 24.1. The number of nitrogens with zero attached hydrogens (tertiary/aromatic N) is 1. The lowest BCUT2D eigenvalue weighted by atomic mass is 10.2. The predicted molar refractivity (Wildman–Crippen MR) is 68.2 cm³/mol. The number of aliphatic carboxylic acids is 1. The van der Waals surface area contributed by atoms with E-state index >= 15 is 0 Å². The highest BCUT2D eigenvalue weighted by atomic mass is 32.2. The molecule has 0 aromatic carbocycles. The number of rotatable bonds is 5. The predicted octanol–water partition coefficient (Wildman–Crippen LogP) is 0.403. The van der Waals surface area contributed by atoms with Gasteiger partial charge >= 0.3 is 5.97 Å². The molecule has 1 unspecified atom stereocenters. The van der Waals surface area contributed by atoms with E-state index in [4.69, 9.17) is 5.11 Å². The van der Waals surface area contributed by atoms with Crippen molar-refractivity contribution in [3.8, 4) is 0 Å². The summed E-state index contributed by atoms with van der Waals surface area (Å²) < 4.78 is 0. The Hall–Kier alpha value is -0.750. The van der Waals surface area contributed by atoms with Crippen LogP contribution in [0.1, 0.15) is 20.3 Å². The number of amides is 1. The zero-order valence-electron chi connectivity index (χ0n) is 10.3. The summed E-state index contributed by atoms with van der Waals surface area (Å²) in [5.74, 6) is 0.957. The molecule has 1 saturated heterocycles. The Balaban J connectivity index is 2.49. The van der Waals surface area contributed by atoms with Gasteiger partial charge in [0.2, 0.25) is 5.91 Å². The molecule has 98 valence electrons. The van der Waals surface area contributed by atoms with Crippen LogP contribution in [0.3, 0.4) is 0 Å². The van der Waals surface area contributed by atoms with Crippen LogP contribution in [0.2, 0.25) is 0 Å². The molecule has 5 nitrogen and oxygen atoms in total. The largest absolute Gasteiger partial charge is 0.480 e. The molecule has 2 N–H and O–H groups in total. The molecule has 1 heterocycles. The average Bonchev–Trinajstić information content (AvgIpc) is 2.26.